The molecule has 0 radical (unpaired) electrons. The Hall–Kier alpha value is -3.52. The Morgan fingerprint density at radius 1 is 1.06 bits per heavy atom. The van der Waals surface area contributed by atoms with Crippen LogP contribution in [0.3, 0.4) is 0 Å². The SMILES string of the molecule is C=CCc1cc(C=C2C(=O)N(C)C(=S)N(C)C2=O)cc(OCC)c1OCc1ccc(F)cc1. The van der Waals surface area contributed by atoms with Crippen molar-refractivity contribution in [3.63, 3.8) is 0 Å². The fourth-order valence-corrected chi connectivity index (χ4v) is 3.54. The average Bonchev–Trinajstić information content (AvgIpc) is 2.80. The van der Waals surface area contributed by atoms with Crippen LogP contribution in [0.15, 0.2) is 54.6 Å². The zero-order valence-electron chi connectivity index (χ0n) is 18.8. The highest BCUT2D eigenvalue weighted by atomic mass is 32.1. The number of likely N-dealkylation sites (N-methyl/N-ethyl adjacent to an activating group) is 2. The van der Waals surface area contributed by atoms with Gasteiger partial charge in [0.1, 0.15) is 18.0 Å². The predicted octanol–water partition coefficient (Wildman–Crippen LogP) is 4.13. The van der Waals surface area contributed by atoms with Gasteiger partial charge in [0.05, 0.1) is 6.61 Å². The Kier molecular flexibility index (Phi) is 7.60. The van der Waals surface area contributed by atoms with E-state index < -0.39 is 11.8 Å². The van der Waals surface area contributed by atoms with Gasteiger partial charge >= 0.3 is 0 Å². The summed E-state index contributed by atoms with van der Waals surface area (Å²) in [5.74, 6) is -0.257. The second kappa shape index (κ2) is 10.4. The van der Waals surface area contributed by atoms with Crippen molar-refractivity contribution in [1.29, 1.82) is 0 Å². The molecule has 0 aromatic heterocycles. The molecule has 1 saturated heterocycles. The van der Waals surface area contributed by atoms with Crippen molar-refractivity contribution >= 4 is 35.2 Å². The number of amides is 2. The molecule has 1 aliphatic rings. The molecule has 6 nitrogen and oxygen atoms in total. The van der Waals surface area contributed by atoms with Crippen LogP contribution < -0.4 is 9.47 Å². The topological polar surface area (TPSA) is 59.1 Å². The van der Waals surface area contributed by atoms with E-state index in [2.05, 4.69) is 6.58 Å². The maximum Gasteiger partial charge on any atom is 0.265 e. The lowest BCUT2D eigenvalue weighted by molar-refractivity contribution is -0.132. The Morgan fingerprint density at radius 2 is 1.70 bits per heavy atom. The second-order valence-electron chi connectivity index (χ2n) is 7.42. The molecule has 0 N–H and O–H groups in total. The van der Waals surface area contributed by atoms with Crippen LogP contribution in [0.5, 0.6) is 11.5 Å². The van der Waals surface area contributed by atoms with Crippen molar-refractivity contribution < 1.29 is 23.5 Å². The standard InChI is InChI=1S/C25H25FN2O4S/c1-5-7-18-12-17(13-20-23(29)27(3)25(33)28(4)24(20)30)14-21(31-6-2)22(18)32-15-16-8-10-19(26)11-9-16/h5,8-14H,1,6-7,15H2,2-4H3. The largest absolute Gasteiger partial charge is 0.490 e. The van der Waals surface area contributed by atoms with Crippen molar-refractivity contribution in [3.05, 3.63) is 77.1 Å². The fraction of sp³-hybridized carbons (Fsp3) is 0.240. The van der Waals surface area contributed by atoms with E-state index >= 15 is 0 Å². The molecule has 0 spiro atoms. The molecule has 2 aromatic carbocycles. The molecular weight excluding hydrogens is 443 g/mol. The smallest absolute Gasteiger partial charge is 0.265 e. The van der Waals surface area contributed by atoms with Crippen molar-refractivity contribution in [2.45, 2.75) is 20.0 Å². The highest BCUT2D eigenvalue weighted by Crippen LogP contribution is 2.35. The van der Waals surface area contributed by atoms with Gasteiger partial charge in [-0.25, -0.2) is 4.39 Å². The molecular formula is C25H25FN2O4S. The minimum Gasteiger partial charge on any atom is -0.490 e. The maximum atomic E-state index is 13.2. The lowest BCUT2D eigenvalue weighted by Crippen LogP contribution is -2.52. The zero-order chi connectivity index (χ0) is 24.1. The number of allylic oxidation sites excluding steroid dienone is 1. The lowest BCUT2D eigenvalue weighted by atomic mass is 10.0. The van der Waals surface area contributed by atoms with Gasteiger partial charge in [0, 0.05) is 19.7 Å². The van der Waals surface area contributed by atoms with Crippen molar-refractivity contribution in [2.75, 3.05) is 20.7 Å². The number of rotatable bonds is 8. The third-order valence-electron chi connectivity index (χ3n) is 5.07. The van der Waals surface area contributed by atoms with E-state index in [9.17, 15) is 14.0 Å². The molecule has 3 rings (SSSR count). The Labute approximate surface area is 197 Å². The Balaban J connectivity index is 2.01. The second-order valence-corrected chi connectivity index (χ2v) is 7.78. The number of hydrogen-bond donors (Lipinski definition) is 0. The fourth-order valence-electron chi connectivity index (χ4n) is 3.38. The first-order valence-electron chi connectivity index (χ1n) is 10.4. The lowest BCUT2D eigenvalue weighted by Gasteiger charge is -2.31. The number of thiocarbonyl (C=S) groups is 1. The molecule has 1 aliphatic heterocycles. The molecule has 2 aromatic rings. The van der Waals surface area contributed by atoms with Crippen LogP contribution in [0.1, 0.15) is 23.6 Å². The Bertz CT molecular complexity index is 1100. The number of hydrogen-bond acceptors (Lipinski definition) is 5. The van der Waals surface area contributed by atoms with Crippen LogP contribution in [0.4, 0.5) is 4.39 Å². The number of halogens is 1. The van der Waals surface area contributed by atoms with Crippen molar-refractivity contribution in [2.24, 2.45) is 0 Å². The van der Waals surface area contributed by atoms with Gasteiger partial charge in [-0.05, 0) is 67.0 Å². The molecule has 1 heterocycles. The van der Waals surface area contributed by atoms with Crippen LogP contribution in [0.2, 0.25) is 0 Å². The van der Waals surface area contributed by atoms with Gasteiger partial charge in [-0.3, -0.25) is 19.4 Å². The van der Waals surface area contributed by atoms with Crippen LogP contribution in [0.25, 0.3) is 6.08 Å². The summed E-state index contributed by atoms with van der Waals surface area (Å²) in [7, 11) is 3.06. The first-order chi connectivity index (χ1) is 15.8. The van der Waals surface area contributed by atoms with Crippen LogP contribution in [-0.2, 0) is 22.6 Å². The quantitative estimate of drug-likeness (QED) is 0.252. The summed E-state index contributed by atoms with van der Waals surface area (Å²) in [5, 5.41) is 0.147. The number of benzene rings is 2. The molecule has 0 bridgehead atoms. The molecule has 1 fully saturated rings. The summed E-state index contributed by atoms with van der Waals surface area (Å²) in [5.41, 5.74) is 2.18. The van der Waals surface area contributed by atoms with Gasteiger partial charge in [0.15, 0.2) is 16.6 Å². The van der Waals surface area contributed by atoms with Crippen molar-refractivity contribution in [1.82, 2.24) is 9.80 Å². The van der Waals surface area contributed by atoms with E-state index in [1.165, 1.54) is 42.1 Å². The molecule has 0 aliphatic carbocycles. The maximum absolute atomic E-state index is 13.2. The predicted molar refractivity (Wildman–Crippen MR) is 128 cm³/mol. The summed E-state index contributed by atoms with van der Waals surface area (Å²) in [6.07, 6.45) is 3.73. The number of ether oxygens (including phenoxy) is 2. The van der Waals surface area contributed by atoms with Crippen LogP contribution >= 0.6 is 12.2 Å². The van der Waals surface area contributed by atoms with E-state index in [1.54, 1.807) is 24.3 Å². The van der Waals surface area contributed by atoms with Crippen molar-refractivity contribution in [3.8, 4) is 11.5 Å². The number of carbonyl (C=O) groups is 2. The van der Waals surface area contributed by atoms with Gasteiger partial charge in [-0.1, -0.05) is 18.2 Å². The summed E-state index contributed by atoms with van der Waals surface area (Å²) in [6, 6.07) is 9.60. The van der Waals surface area contributed by atoms with E-state index in [1.807, 2.05) is 13.0 Å². The average molecular weight is 469 g/mol. The highest BCUT2D eigenvalue weighted by molar-refractivity contribution is 7.80. The van der Waals surface area contributed by atoms with Gasteiger partial charge in [-0.2, -0.15) is 0 Å². The van der Waals surface area contributed by atoms with Crippen LogP contribution in [0, 0.1) is 5.82 Å². The van der Waals surface area contributed by atoms with E-state index in [-0.39, 0.29) is 23.1 Å². The number of carbonyl (C=O) groups excluding carboxylic acids is 2. The summed E-state index contributed by atoms with van der Waals surface area (Å²) < 4.78 is 25.1. The molecule has 33 heavy (non-hydrogen) atoms. The Morgan fingerprint density at radius 3 is 2.27 bits per heavy atom. The van der Waals surface area contributed by atoms with Gasteiger partial charge < -0.3 is 9.47 Å². The molecule has 8 heteroatoms. The zero-order valence-corrected chi connectivity index (χ0v) is 19.6. The minimum atomic E-state index is -0.469. The van der Waals surface area contributed by atoms with E-state index in [4.69, 9.17) is 21.7 Å². The van der Waals surface area contributed by atoms with Gasteiger partial charge in [-0.15, -0.1) is 6.58 Å². The van der Waals surface area contributed by atoms with Gasteiger partial charge in [0.25, 0.3) is 11.8 Å². The first-order valence-corrected chi connectivity index (χ1v) is 10.8. The molecule has 0 atom stereocenters. The minimum absolute atomic E-state index is 0.000539. The summed E-state index contributed by atoms with van der Waals surface area (Å²) in [6.45, 7) is 6.26. The third-order valence-corrected chi connectivity index (χ3v) is 5.62. The molecule has 0 unspecified atom stereocenters. The monoisotopic (exact) mass is 468 g/mol. The summed E-state index contributed by atoms with van der Waals surface area (Å²) in [4.78, 5) is 27.9. The van der Waals surface area contributed by atoms with E-state index in [0.29, 0.717) is 30.1 Å². The van der Waals surface area contributed by atoms with Gasteiger partial charge in [0.2, 0.25) is 0 Å². The van der Waals surface area contributed by atoms with E-state index in [0.717, 1.165) is 11.1 Å². The first kappa shape index (κ1) is 24.1. The number of nitrogens with zero attached hydrogens (tertiary/aromatic N) is 2. The van der Waals surface area contributed by atoms with Crippen LogP contribution in [-0.4, -0.2) is 47.4 Å². The normalized spacial score (nSPS) is 13.9. The molecule has 2 amide bonds. The molecule has 172 valence electrons. The summed E-state index contributed by atoms with van der Waals surface area (Å²) >= 11 is 5.14. The molecule has 0 saturated carbocycles. The highest BCUT2D eigenvalue weighted by Gasteiger charge is 2.35. The third kappa shape index (κ3) is 5.28.